The first-order valence-corrected chi connectivity index (χ1v) is 8.94. The van der Waals surface area contributed by atoms with E-state index in [-0.39, 0.29) is 11.3 Å². The Morgan fingerprint density at radius 3 is 2.43 bits per heavy atom. The molecular formula is C20H18N4O4. The highest BCUT2D eigenvalue weighted by Gasteiger charge is 2.24. The molecule has 1 saturated heterocycles. The largest absolute Gasteiger partial charge is 0.368 e. The van der Waals surface area contributed by atoms with E-state index >= 15 is 0 Å². The van der Waals surface area contributed by atoms with Crippen molar-refractivity contribution >= 4 is 22.6 Å². The molecule has 0 unspecified atom stereocenters. The molecule has 0 radical (unpaired) electrons. The molecule has 1 fully saturated rings. The first kappa shape index (κ1) is 17.9. The minimum atomic E-state index is -0.618. The van der Waals surface area contributed by atoms with E-state index in [1.165, 1.54) is 4.68 Å². The maximum absolute atomic E-state index is 12.8. The third-order valence-electron chi connectivity index (χ3n) is 4.54. The fourth-order valence-corrected chi connectivity index (χ4v) is 3.14. The van der Waals surface area contributed by atoms with Gasteiger partial charge < -0.3 is 4.74 Å². The topological polar surface area (TPSA) is 102 Å². The number of carbonyl (C=O) groups excluding carboxylic acids is 2. The Balaban J connectivity index is 1.69. The summed E-state index contributed by atoms with van der Waals surface area (Å²) in [6, 6.07) is 15.6. The van der Waals surface area contributed by atoms with Crippen LogP contribution in [-0.2, 0) is 9.53 Å². The summed E-state index contributed by atoms with van der Waals surface area (Å²) in [5.41, 5.74) is 4.98. The molecule has 1 atom stereocenters. The zero-order valence-corrected chi connectivity index (χ0v) is 14.9. The quantitative estimate of drug-likeness (QED) is 0.670. The van der Waals surface area contributed by atoms with Gasteiger partial charge in [-0.3, -0.25) is 25.2 Å². The average Bonchev–Trinajstić information content (AvgIpc) is 3.28. The van der Waals surface area contributed by atoms with Gasteiger partial charge in [-0.05, 0) is 31.0 Å². The Kier molecular flexibility index (Phi) is 4.86. The van der Waals surface area contributed by atoms with E-state index in [1.54, 1.807) is 48.5 Å². The number of hydrogen-bond donors (Lipinski definition) is 2. The third-order valence-corrected chi connectivity index (χ3v) is 4.54. The lowest BCUT2D eigenvalue weighted by atomic mass is 10.1. The molecule has 2 amide bonds. The van der Waals surface area contributed by atoms with E-state index < -0.39 is 17.9 Å². The molecule has 8 heteroatoms. The van der Waals surface area contributed by atoms with Gasteiger partial charge in [0.1, 0.15) is 6.10 Å². The van der Waals surface area contributed by atoms with Crippen molar-refractivity contribution in [3.63, 3.8) is 0 Å². The second-order valence-corrected chi connectivity index (χ2v) is 6.39. The standard InChI is InChI=1S/C20H18N4O4/c25-18(16-11-6-12-28-16)21-22-19(26)17-14-9-4-5-10-15(14)20(27)24(23-17)13-7-2-1-3-8-13/h1-5,7-10,16H,6,11-12H2,(H,21,25)(H,22,26)/t16-/m1/s1. The van der Waals surface area contributed by atoms with Crippen molar-refractivity contribution in [1.29, 1.82) is 0 Å². The molecule has 0 spiro atoms. The van der Waals surface area contributed by atoms with Gasteiger partial charge in [-0.2, -0.15) is 9.78 Å². The minimum absolute atomic E-state index is 0.0340. The smallest absolute Gasteiger partial charge is 0.290 e. The van der Waals surface area contributed by atoms with Gasteiger partial charge in [0.25, 0.3) is 17.4 Å². The summed E-state index contributed by atoms with van der Waals surface area (Å²) in [5.74, 6) is -1.03. The maximum Gasteiger partial charge on any atom is 0.290 e. The van der Waals surface area contributed by atoms with Gasteiger partial charge in [-0.15, -0.1) is 0 Å². The zero-order valence-electron chi connectivity index (χ0n) is 14.9. The summed E-state index contributed by atoms with van der Waals surface area (Å²) in [4.78, 5) is 37.6. The summed E-state index contributed by atoms with van der Waals surface area (Å²) < 4.78 is 6.47. The van der Waals surface area contributed by atoms with E-state index in [0.29, 0.717) is 29.5 Å². The van der Waals surface area contributed by atoms with Crippen molar-refractivity contribution in [3.05, 3.63) is 70.6 Å². The molecule has 3 aromatic rings. The third kappa shape index (κ3) is 3.37. The summed E-state index contributed by atoms with van der Waals surface area (Å²) in [7, 11) is 0. The number of rotatable bonds is 3. The van der Waals surface area contributed by atoms with Gasteiger partial charge >= 0.3 is 0 Å². The number of ether oxygens (including phenoxy) is 1. The Hall–Kier alpha value is -3.52. The molecule has 1 aliphatic heterocycles. The maximum atomic E-state index is 12.8. The van der Waals surface area contributed by atoms with Crippen molar-refractivity contribution in [2.75, 3.05) is 6.61 Å². The Bertz CT molecular complexity index is 1090. The second-order valence-electron chi connectivity index (χ2n) is 6.39. The Morgan fingerprint density at radius 2 is 1.71 bits per heavy atom. The highest BCUT2D eigenvalue weighted by atomic mass is 16.5. The summed E-state index contributed by atoms with van der Waals surface area (Å²) in [6.45, 7) is 0.528. The van der Waals surface area contributed by atoms with Gasteiger partial charge in [0.05, 0.1) is 11.1 Å². The highest BCUT2D eigenvalue weighted by molar-refractivity contribution is 6.05. The predicted octanol–water partition coefficient (Wildman–Crippen LogP) is 1.33. The van der Waals surface area contributed by atoms with Crippen molar-refractivity contribution in [2.24, 2.45) is 0 Å². The number of benzene rings is 2. The van der Waals surface area contributed by atoms with Gasteiger partial charge in [0.15, 0.2) is 5.69 Å². The Labute approximate surface area is 160 Å². The van der Waals surface area contributed by atoms with Crippen LogP contribution in [0.4, 0.5) is 0 Å². The molecule has 2 N–H and O–H groups in total. The van der Waals surface area contributed by atoms with E-state index in [9.17, 15) is 14.4 Å². The molecule has 2 heterocycles. The van der Waals surface area contributed by atoms with Gasteiger partial charge in [-0.1, -0.05) is 36.4 Å². The lowest BCUT2D eigenvalue weighted by Gasteiger charge is -2.13. The molecular weight excluding hydrogens is 360 g/mol. The van der Waals surface area contributed by atoms with Gasteiger partial charge in [0.2, 0.25) is 0 Å². The van der Waals surface area contributed by atoms with Crippen molar-refractivity contribution in [1.82, 2.24) is 20.6 Å². The lowest BCUT2D eigenvalue weighted by Crippen LogP contribution is -2.46. The second kappa shape index (κ2) is 7.61. The fraction of sp³-hybridized carbons (Fsp3) is 0.200. The molecule has 0 bridgehead atoms. The fourth-order valence-electron chi connectivity index (χ4n) is 3.14. The van der Waals surface area contributed by atoms with Crippen LogP contribution in [0.2, 0.25) is 0 Å². The molecule has 8 nitrogen and oxygen atoms in total. The van der Waals surface area contributed by atoms with Crippen LogP contribution < -0.4 is 16.4 Å². The summed E-state index contributed by atoms with van der Waals surface area (Å²) in [5, 5.41) is 5.02. The van der Waals surface area contributed by atoms with Crippen LogP contribution in [0.1, 0.15) is 23.3 Å². The predicted molar refractivity (Wildman–Crippen MR) is 102 cm³/mol. The van der Waals surface area contributed by atoms with Crippen LogP contribution in [0, 0.1) is 0 Å². The van der Waals surface area contributed by atoms with Gasteiger partial charge in [-0.25, -0.2) is 0 Å². The number of nitrogens with one attached hydrogen (secondary N) is 2. The minimum Gasteiger partial charge on any atom is -0.368 e. The van der Waals surface area contributed by atoms with E-state index in [2.05, 4.69) is 16.0 Å². The molecule has 4 rings (SSSR count). The number of fused-ring (bicyclic) bond motifs is 1. The molecule has 142 valence electrons. The van der Waals surface area contributed by atoms with Crippen LogP contribution in [0.15, 0.2) is 59.4 Å². The molecule has 0 aliphatic carbocycles. The van der Waals surface area contributed by atoms with Gasteiger partial charge in [0, 0.05) is 12.0 Å². The lowest BCUT2D eigenvalue weighted by molar-refractivity contribution is -0.130. The molecule has 1 aliphatic rings. The van der Waals surface area contributed by atoms with Crippen LogP contribution >= 0.6 is 0 Å². The number of aromatic nitrogens is 2. The number of hydrogen-bond acceptors (Lipinski definition) is 5. The van der Waals surface area contributed by atoms with Crippen molar-refractivity contribution in [3.8, 4) is 5.69 Å². The van der Waals surface area contributed by atoms with Crippen LogP contribution in [-0.4, -0.2) is 34.3 Å². The monoisotopic (exact) mass is 378 g/mol. The first-order valence-electron chi connectivity index (χ1n) is 8.94. The van der Waals surface area contributed by atoms with Crippen LogP contribution in [0.3, 0.4) is 0 Å². The average molecular weight is 378 g/mol. The number of hydrazine groups is 1. The van der Waals surface area contributed by atoms with E-state index in [4.69, 9.17) is 4.74 Å². The number of carbonyl (C=O) groups is 2. The zero-order chi connectivity index (χ0) is 19.5. The van der Waals surface area contributed by atoms with Crippen molar-refractivity contribution < 1.29 is 14.3 Å². The summed E-state index contributed by atoms with van der Waals surface area (Å²) >= 11 is 0. The van der Waals surface area contributed by atoms with Crippen LogP contribution in [0.25, 0.3) is 16.5 Å². The number of para-hydroxylation sites is 1. The molecule has 2 aromatic carbocycles. The molecule has 28 heavy (non-hydrogen) atoms. The van der Waals surface area contributed by atoms with E-state index in [0.717, 1.165) is 6.42 Å². The summed E-state index contributed by atoms with van der Waals surface area (Å²) in [6.07, 6.45) is 0.852. The van der Waals surface area contributed by atoms with E-state index in [1.807, 2.05) is 6.07 Å². The molecule has 0 saturated carbocycles. The molecule has 1 aromatic heterocycles. The number of amides is 2. The highest BCUT2D eigenvalue weighted by Crippen LogP contribution is 2.15. The normalized spacial score (nSPS) is 16.1. The first-order chi connectivity index (χ1) is 13.6. The SMILES string of the molecule is O=C(NNC(=O)[C@H]1CCCO1)c1nn(-c2ccccc2)c(=O)c2ccccc12. The van der Waals surface area contributed by atoms with Crippen LogP contribution in [0.5, 0.6) is 0 Å². The van der Waals surface area contributed by atoms with Crippen molar-refractivity contribution in [2.45, 2.75) is 18.9 Å². The number of nitrogens with zero attached hydrogens (tertiary/aromatic N) is 2. The Morgan fingerprint density at radius 1 is 1.00 bits per heavy atom.